The molecule has 0 bridgehead atoms. The molecule has 1 amide bonds. The number of benzene rings is 1. The minimum absolute atomic E-state index is 0. The van der Waals surface area contributed by atoms with Gasteiger partial charge < -0.3 is 22.7 Å². The predicted octanol–water partition coefficient (Wildman–Crippen LogP) is 1.18. The summed E-state index contributed by atoms with van der Waals surface area (Å²) in [4.78, 5) is 10.9. The van der Waals surface area contributed by atoms with Crippen molar-refractivity contribution >= 4 is 24.2 Å². The van der Waals surface area contributed by atoms with Gasteiger partial charge in [-0.25, -0.2) is 0 Å². The molecule has 0 aliphatic rings. The fourth-order valence-corrected chi connectivity index (χ4v) is 0.944. The minimum Gasteiger partial charge on any atom is -0.783 e. The third kappa shape index (κ3) is 4.19. The van der Waals surface area contributed by atoms with E-state index in [2.05, 4.69) is 17.9 Å². The normalized spacial score (nSPS) is 8.71. The van der Waals surface area contributed by atoms with Crippen LogP contribution in [0.25, 0.3) is 0 Å². The molecule has 0 aliphatic carbocycles. The Kier molecular flexibility index (Phi) is 6.74. The van der Waals surface area contributed by atoms with Crippen molar-refractivity contribution in [3.8, 4) is 5.75 Å². The number of amides is 1. The molecule has 0 saturated heterocycles. The Morgan fingerprint density at radius 2 is 2.00 bits per heavy atom. The van der Waals surface area contributed by atoms with Crippen molar-refractivity contribution in [2.24, 2.45) is 0 Å². The van der Waals surface area contributed by atoms with Crippen molar-refractivity contribution in [1.29, 1.82) is 0 Å². The standard InChI is InChI=1S/C9H11NO2S.Ag/c1-12-8-4-2-7(3-5-8)10-9(11)6-13;/h2-5,13H,6H2,1H3,(H,10,11);/q;+1/p-1. The van der Waals surface area contributed by atoms with Crippen LogP contribution in [0.1, 0.15) is 0 Å². The summed E-state index contributed by atoms with van der Waals surface area (Å²) in [6.07, 6.45) is 0. The number of hydrogen-bond donors (Lipinski definition) is 1. The van der Waals surface area contributed by atoms with Crippen LogP contribution in [-0.2, 0) is 39.8 Å². The average Bonchev–Trinajstić information content (AvgIpc) is 2.19. The second-order valence-corrected chi connectivity index (χ2v) is 2.71. The van der Waals surface area contributed by atoms with Crippen LogP contribution in [0.15, 0.2) is 24.3 Å². The van der Waals surface area contributed by atoms with Gasteiger partial charge in [-0.1, -0.05) is 5.75 Å². The van der Waals surface area contributed by atoms with Gasteiger partial charge in [0.1, 0.15) is 5.75 Å². The maximum atomic E-state index is 10.9. The molecule has 1 rings (SSSR count). The van der Waals surface area contributed by atoms with Crippen LogP contribution in [-0.4, -0.2) is 18.8 Å². The van der Waals surface area contributed by atoms with Crippen LogP contribution in [0.5, 0.6) is 5.75 Å². The van der Waals surface area contributed by atoms with Crippen LogP contribution in [0.3, 0.4) is 0 Å². The molecule has 0 saturated carbocycles. The van der Waals surface area contributed by atoms with E-state index in [0.29, 0.717) is 0 Å². The molecular formula is C9H10AgNO2S. The van der Waals surface area contributed by atoms with Crippen LogP contribution < -0.4 is 10.1 Å². The van der Waals surface area contributed by atoms with E-state index in [1.807, 2.05) is 0 Å². The van der Waals surface area contributed by atoms with Gasteiger partial charge in [-0.3, -0.25) is 4.79 Å². The summed E-state index contributed by atoms with van der Waals surface area (Å²) in [6.45, 7) is 0. The Morgan fingerprint density at radius 1 is 1.43 bits per heavy atom. The SMILES string of the molecule is COc1ccc(NC(=O)C[S-])cc1.[Ag+]. The monoisotopic (exact) mass is 303 g/mol. The van der Waals surface area contributed by atoms with Gasteiger partial charge in [0.25, 0.3) is 0 Å². The molecule has 1 aromatic rings. The summed E-state index contributed by atoms with van der Waals surface area (Å²) in [6, 6.07) is 7.08. The van der Waals surface area contributed by atoms with Gasteiger partial charge in [0, 0.05) is 5.69 Å². The molecule has 80 valence electrons. The molecular weight excluding hydrogens is 294 g/mol. The molecule has 0 heterocycles. The van der Waals surface area contributed by atoms with Crippen molar-refractivity contribution in [2.75, 3.05) is 18.2 Å². The third-order valence-corrected chi connectivity index (χ3v) is 1.77. The molecule has 0 aliphatic heterocycles. The molecule has 0 atom stereocenters. The molecule has 1 N–H and O–H groups in total. The van der Waals surface area contributed by atoms with Crippen LogP contribution in [0.2, 0.25) is 0 Å². The first kappa shape index (κ1) is 13.6. The summed E-state index contributed by atoms with van der Waals surface area (Å²) in [5, 5.41) is 2.64. The minimum atomic E-state index is -0.167. The zero-order valence-electron chi connectivity index (χ0n) is 7.54. The van der Waals surface area contributed by atoms with E-state index in [1.165, 1.54) is 0 Å². The molecule has 1 aromatic carbocycles. The summed E-state index contributed by atoms with van der Waals surface area (Å²) in [7, 11) is 1.59. The van der Waals surface area contributed by atoms with Crippen molar-refractivity contribution in [3.05, 3.63) is 24.3 Å². The van der Waals surface area contributed by atoms with E-state index in [0.717, 1.165) is 11.4 Å². The van der Waals surface area contributed by atoms with E-state index >= 15 is 0 Å². The van der Waals surface area contributed by atoms with Gasteiger partial charge in [0.05, 0.1) is 7.11 Å². The molecule has 0 aromatic heterocycles. The van der Waals surface area contributed by atoms with Gasteiger partial charge in [-0.05, 0) is 24.3 Å². The zero-order chi connectivity index (χ0) is 9.68. The zero-order valence-corrected chi connectivity index (χ0v) is 9.84. The van der Waals surface area contributed by atoms with E-state index in [9.17, 15) is 4.79 Å². The number of carbonyl (C=O) groups excluding carboxylic acids is 1. The summed E-state index contributed by atoms with van der Waals surface area (Å²) >= 11 is 4.59. The third-order valence-electron chi connectivity index (χ3n) is 1.50. The number of carbonyl (C=O) groups is 1. The number of hydrogen-bond acceptors (Lipinski definition) is 3. The number of anilines is 1. The quantitative estimate of drug-likeness (QED) is 0.673. The van der Waals surface area contributed by atoms with Crippen molar-refractivity contribution in [3.63, 3.8) is 0 Å². The molecule has 5 heteroatoms. The van der Waals surface area contributed by atoms with Crippen molar-refractivity contribution in [1.82, 2.24) is 0 Å². The van der Waals surface area contributed by atoms with E-state index in [-0.39, 0.29) is 34.0 Å². The Bertz CT molecular complexity index is 289. The Morgan fingerprint density at radius 3 is 2.43 bits per heavy atom. The number of ether oxygens (including phenoxy) is 1. The van der Waals surface area contributed by atoms with E-state index in [4.69, 9.17) is 4.74 Å². The number of nitrogens with one attached hydrogen (secondary N) is 1. The van der Waals surface area contributed by atoms with Gasteiger partial charge in [0.2, 0.25) is 0 Å². The van der Waals surface area contributed by atoms with Crippen molar-refractivity contribution < 1.29 is 31.9 Å². The van der Waals surface area contributed by atoms with E-state index in [1.54, 1.807) is 31.4 Å². The summed E-state index contributed by atoms with van der Waals surface area (Å²) in [5.41, 5.74) is 0.732. The summed E-state index contributed by atoms with van der Waals surface area (Å²) < 4.78 is 4.97. The number of methoxy groups -OCH3 is 1. The predicted molar refractivity (Wildman–Crippen MR) is 53.9 cm³/mol. The van der Waals surface area contributed by atoms with Gasteiger partial charge in [-0.2, -0.15) is 0 Å². The van der Waals surface area contributed by atoms with Gasteiger partial charge >= 0.3 is 22.4 Å². The first-order valence-corrected chi connectivity index (χ1v) is 4.36. The molecule has 3 nitrogen and oxygen atoms in total. The van der Waals surface area contributed by atoms with Gasteiger partial charge in [0.15, 0.2) is 5.91 Å². The molecule has 0 spiro atoms. The number of rotatable bonds is 3. The fourth-order valence-electron chi connectivity index (χ4n) is 0.871. The molecule has 0 radical (unpaired) electrons. The Balaban J connectivity index is 0.00000169. The second kappa shape index (κ2) is 6.95. The van der Waals surface area contributed by atoms with Crippen molar-refractivity contribution in [2.45, 2.75) is 0 Å². The molecule has 0 fully saturated rings. The van der Waals surface area contributed by atoms with Crippen LogP contribution in [0.4, 0.5) is 5.69 Å². The Labute approximate surface area is 104 Å². The maximum Gasteiger partial charge on any atom is 1.00 e. The van der Waals surface area contributed by atoms with E-state index < -0.39 is 0 Å². The topological polar surface area (TPSA) is 38.3 Å². The van der Waals surface area contributed by atoms with Crippen LogP contribution >= 0.6 is 0 Å². The molecule has 0 unspecified atom stereocenters. The average molecular weight is 304 g/mol. The Hall–Kier alpha value is -0.420. The van der Waals surface area contributed by atoms with Gasteiger partial charge in [-0.15, -0.1) is 0 Å². The maximum absolute atomic E-state index is 10.9. The molecule has 14 heavy (non-hydrogen) atoms. The summed E-state index contributed by atoms with van der Waals surface area (Å²) in [5.74, 6) is 0.669. The fraction of sp³-hybridized carbons (Fsp3) is 0.222. The second-order valence-electron chi connectivity index (χ2n) is 2.42. The first-order valence-electron chi connectivity index (χ1n) is 3.78. The first-order chi connectivity index (χ1) is 6.26. The van der Waals surface area contributed by atoms with Crippen LogP contribution in [0, 0.1) is 0 Å². The largest absolute Gasteiger partial charge is 1.00 e. The smallest absolute Gasteiger partial charge is 0.783 e.